The van der Waals surface area contributed by atoms with Gasteiger partial charge in [-0.25, -0.2) is 4.79 Å². The number of hydrogen-bond donors (Lipinski definition) is 5. The number of hydrogen-bond acceptors (Lipinski definition) is 14. The monoisotopic (exact) mass is 676 g/mol. The van der Waals surface area contributed by atoms with Gasteiger partial charge in [0.25, 0.3) is 11.8 Å². The number of fused-ring (bicyclic) bond motifs is 1. The van der Waals surface area contributed by atoms with Crippen molar-refractivity contribution in [2.24, 2.45) is 5.16 Å². The molecule has 5 rings (SSSR count). The first kappa shape index (κ1) is 32.9. The summed E-state index contributed by atoms with van der Waals surface area (Å²) in [6.07, 6.45) is 3.60. The zero-order valence-corrected chi connectivity index (χ0v) is 26.5. The van der Waals surface area contributed by atoms with E-state index in [1.165, 1.54) is 37.9 Å². The molecule has 46 heavy (non-hydrogen) atoms. The van der Waals surface area contributed by atoms with Crippen molar-refractivity contribution in [3.8, 4) is 5.75 Å². The van der Waals surface area contributed by atoms with Crippen molar-refractivity contribution in [3.63, 3.8) is 0 Å². The molecular formula is C27H32N8O9S2. The van der Waals surface area contributed by atoms with Crippen LogP contribution in [0, 0.1) is 0 Å². The Kier molecular flexibility index (Phi) is 9.09. The zero-order chi connectivity index (χ0) is 33.4. The number of carbonyl (C=O) groups is 4. The predicted molar refractivity (Wildman–Crippen MR) is 162 cm³/mol. The van der Waals surface area contributed by atoms with Gasteiger partial charge < -0.3 is 45.5 Å². The van der Waals surface area contributed by atoms with Crippen LogP contribution in [0.15, 0.2) is 33.5 Å². The summed E-state index contributed by atoms with van der Waals surface area (Å²) in [5.74, 6) is -4.83. The van der Waals surface area contributed by atoms with Gasteiger partial charge in [0.15, 0.2) is 10.9 Å². The third kappa shape index (κ3) is 6.56. The number of carboxylic acids is 2. The number of rotatable bonds is 12. The lowest BCUT2D eigenvalue weighted by molar-refractivity contribution is -0.912. The lowest BCUT2D eigenvalue weighted by atomic mass is 10.0. The summed E-state index contributed by atoms with van der Waals surface area (Å²) >= 11 is 2.05. The van der Waals surface area contributed by atoms with Crippen LogP contribution in [0.2, 0.25) is 0 Å². The number of aromatic hydroxyl groups is 1. The van der Waals surface area contributed by atoms with Gasteiger partial charge in [-0.3, -0.25) is 19.3 Å². The van der Waals surface area contributed by atoms with Crippen molar-refractivity contribution in [3.05, 3.63) is 45.3 Å². The molecule has 0 bridgehead atoms. The second-order valence-corrected chi connectivity index (χ2v) is 13.6. The minimum absolute atomic E-state index is 0.00721. The van der Waals surface area contributed by atoms with Crippen LogP contribution in [0.3, 0.4) is 0 Å². The maximum Gasteiger partial charge on any atom is 0.350 e. The number of quaternary nitrogens is 1. The number of aromatic nitrogens is 3. The summed E-state index contributed by atoms with van der Waals surface area (Å²) in [5, 5.41) is 36.8. The number of aromatic amines is 1. The van der Waals surface area contributed by atoms with Crippen LogP contribution in [0.1, 0.15) is 38.2 Å². The van der Waals surface area contributed by atoms with E-state index >= 15 is 0 Å². The van der Waals surface area contributed by atoms with Crippen LogP contribution in [0.4, 0.5) is 5.13 Å². The van der Waals surface area contributed by atoms with Gasteiger partial charge in [0.05, 0.1) is 31.3 Å². The number of H-pyrrole nitrogens is 1. The van der Waals surface area contributed by atoms with Crippen LogP contribution in [0.5, 0.6) is 5.75 Å². The number of thioether (sulfide) groups is 1. The Morgan fingerprint density at radius 1 is 1.30 bits per heavy atom. The van der Waals surface area contributed by atoms with E-state index in [9.17, 15) is 39.3 Å². The van der Waals surface area contributed by atoms with Gasteiger partial charge in [-0.15, -0.1) is 11.8 Å². The second-order valence-electron chi connectivity index (χ2n) is 11.7. The molecule has 2 aromatic heterocycles. The molecule has 2 amide bonds. The molecular weight excluding hydrogens is 644 g/mol. The number of β-lactam (4-membered cyclic amide) rings is 1. The Morgan fingerprint density at radius 2 is 2.02 bits per heavy atom. The quantitative estimate of drug-likeness (QED) is 0.0733. The van der Waals surface area contributed by atoms with Crippen molar-refractivity contribution in [2.75, 3.05) is 37.7 Å². The first-order chi connectivity index (χ1) is 21.7. The number of nitrogens with two attached hydrogens (primary N) is 1. The number of aliphatic carboxylic acids is 2. The van der Waals surface area contributed by atoms with Gasteiger partial charge in [0.1, 0.15) is 18.0 Å². The lowest BCUT2D eigenvalue weighted by Gasteiger charge is -2.51. The van der Waals surface area contributed by atoms with Crippen molar-refractivity contribution in [1.29, 1.82) is 0 Å². The topological polar surface area (TPSA) is 253 Å². The number of pyridine rings is 1. The highest BCUT2D eigenvalue weighted by atomic mass is 32.2. The highest BCUT2D eigenvalue weighted by Gasteiger charge is 2.54. The van der Waals surface area contributed by atoms with Crippen molar-refractivity contribution >= 4 is 57.9 Å². The van der Waals surface area contributed by atoms with Gasteiger partial charge in [0, 0.05) is 60.1 Å². The minimum Gasteiger partial charge on any atom is -0.543 e. The molecule has 0 saturated carbocycles. The molecule has 2 atom stereocenters. The summed E-state index contributed by atoms with van der Waals surface area (Å²) in [6, 6.07) is 0.208. The summed E-state index contributed by atoms with van der Waals surface area (Å²) in [4.78, 5) is 75.5. The number of nitrogen functional groups attached to an aromatic ring is 1. The number of likely N-dealkylation sites (tertiary alicyclic amines) is 1. The lowest BCUT2D eigenvalue weighted by Crippen LogP contribution is -2.72. The Balaban J connectivity index is 1.33. The van der Waals surface area contributed by atoms with Crippen LogP contribution >= 0.6 is 23.3 Å². The van der Waals surface area contributed by atoms with E-state index in [0.29, 0.717) is 35.3 Å². The van der Waals surface area contributed by atoms with E-state index in [-0.39, 0.29) is 28.2 Å². The Labute approximate surface area is 269 Å². The van der Waals surface area contributed by atoms with E-state index in [1.807, 2.05) is 0 Å². The molecule has 3 aliphatic heterocycles. The highest BCUT2D eigenvalue weighted by Crippen LogP contribution is 2.41. The van der Waals surface area contributed by atoms with E-state index in [0.717, 1.165) is 42.4 Å². The predicted octanol–water partition coefficient (Wildman–Crippen LogP) is -1.64. The first-order valence-corrected chi connectivity index (χ1v) is 16.1. The van der Waals surface area contributed by atoms with Gasteiger partial charge in [-0.1, -0.05) is 5.16 Å². The summed E-state index contributed by atoms with van der Waals surface area (Å²) in [6.45, 7) is 4.96. The fraction of sp³-hybridized carbons (Fsp3) is 0.481. The Hall–Kier alpha value is -4.49. The molecule has 0 unspecified atom stereocenters. The van der Waals surface area contributed by atoms with E-state index in [4.69, 9.17) is 10.6 Å². The largest absolute Gasteiger partial charge is 0.543 e. The molecule has 0 aliphatic carbocycles. The number of nitrogens with one attached hydrogen (secondary N) is 2. The fourth-order valence-electron chi connectivity index (χ4n) is 5.60. The highest BCUT2D eigenvalue weighted by molar-refractivity contribution is 8.00. The smallest absolute Gasteiger partial charge is 0.350 e. The molecule has 246 valence electrons. The Morgan fingerprint density at radius 3 is 2.63 bits per heavy atom. The zero-order valence-electron chi connectivity index (χ0n) is 24.8. The van der Waals surface area contributed by atoms with Crippen molar-refractivity contribution < 1.29 is 43.8 Å². The van der Waals surface area contributed by atoms with Gasteiger partial charge in [-0.2, -0.15) is 9.36 Å². The second kappa shape index (κ2) is 12.7. The van der Waals surface area contributed by atoms with Gasteiger partial charge >= 0.3 is 5.97 Å². The average molecular weight is 677 g/mol. The number of carboxylic acid groups (broad SMARTS) is 2. The molecule has 2 fully saturated rings. The molecule has 0 spiro atoms. The maximum absolute atomic E-state index is 13.4. The van der Waals surface area contributed by atoms with Crippen molar-refractivity contribution in [1.82, 2.24) is 24.6 Å². The third-order valence-corrected chi connectivity index (χ3v) is 10.0. The van der Waals surface area contributed by atoms with Crippen LogP contribution < -0.4 is 21.6 Å². The summed E-state index contributed by atoms with van der Waals surface area (Å²) in [5.41, 5.74) is 3.79. The molecule has 17 nitrogen and oxygen atoms in total. The summed E-state index contributed by atoms with van der Waals surface area (Å²) in [7, 11) is 0. The van der Waals surface area contributed by atoms with Gasteiger partial charge in [-0.05, 0) is 13.8 Å². The number of oxime groups is 1. The molecule has 5 heterocycles. The third-order valence-electron chi connectivity index (χ3n) is 8.12. The number of anilines is 1. The molecule has 19 heteroatoms. The first-order valence-electron chi connectivity index (χ1n) is 14.2. The molecule has 6 N–H and O–H groups in total. The van der Waals surface area contributed by atoms with E-state index in [2.05, 4.69) is 24.8 Å². The van der Waals surface area contributed by atoms with Crippen molar-refractivity contribution in [2.45, 2.75) is 50.1 Å². The van der Waals surface area contributed by atoms with Crippen LogP contribution in [0.25, 0.3) is 0 Å². The molecule has 2 aromatic rings. The number of nitrogens with zero attached hydrogens (tertiary/aromatic N) is 5. The molecule has 3 aliphatic rings. The maximum atomic E-state index is 13.4. The number of carbonyl (C=O) groups excluding carboxylic acids is 3. The van der Waals surface area contributed by atoms with E-state index in [1.54, 1.807) is 0 Å². The number of amides is 2. The molecule has 0 aromatic carbocycles. The van der Waals surface area contributed by atoms with E-state index < -0.39 is 51.9 Å². The normalized spacial score (nSPS) is 21.0. The standard InChI is InChI=1S/C27H32N8O9S2/c1-27(2,25(42)43)44-32-17(20-31-26(28)46-33-20)21(38)30-18-22(39)34-19(24(40)41)13(12-45-23(18)34)11-35(6-3-4-7-35)8-5-14-9-15(36)16(37)10-29-14/h9-10,18,23H,3-8,11-12H2,1-2H3,(H6-,28,29,30,31,32,33,36,37,38,40,41,42,43)/t18-,23-/m1/s1. The molecule has 2 saturated heterocycles. The Bertz CT molecular complexity index is 1700. The van der Waals surface area contributed by atoms with Crippen LogP contribution in [-0.4, -0.2) is 112 Å². The van der Waals surface area contributed by atoms with Crippen LogP contribution in [-0.2, 0) is 30.4 Å². The fourth-order valence-corrected chi connectivity index (χ4v) is 7.37. The average Bonchev–Trinajstić information content (AvgIpc) is 3.65. The minimum atomic E-state index is -1.81. The molecule has 0 radical (unpaired) electrons. The van der Waals surface area contributed by atoms with Gasteiger partial charge in [0.2, 0.25) is 22.6 Å². The summed E-state index contributed by atoms with van der Waals surface area (Å²) < 4.78 is 4.49. The SMILES string of the molecule is CC(C)(ON=C(C(=O)N[C@@H]1C(=O)N2C(C(=O)[O-])=C(C[N+]3(CCc4cc(=O)c(O)c[nH]4)CCCC3)CS[C@H]12)c1nsc(N)n1)C(=O)O.